The maximum atomic E-state index is 13.4. The van der Waals surface area contributed by atoms with Gasteiger partial charge in [0.2, 0.25) is 0 Å². The smallest absolute Gasteiger partial charge is 0.322 e. The SMILES string of the molecule is Cc1cc(C)c2cc(CN(Cc3ccc(F)cc3)C(=O)Nc3ccccc3Cl)c(=O)[nH]c2c1. The number of amides is 2. The summed E-state index contributed by atoms with van der Waals surface area (Å²) in [5.74, 6) is -0.359. The lowest BCUT2D eigenvalue weighted by atomic mass is 10.0. The van der Waals surface area contributed by atoms with Gasteiger partial charge < -0.3 is 15.2 Å². The Morgan fingerprint density at radius 2 is 1.76 bits per heavy atom. The summed E-state index contributed by atoms with van der Waals surface area (Å²) in [4.78, 5) is 30.5. The van der Waals surface area contributed by atoms with Crippen molar-refractivity contribution in [1.82, 2.24) is 9.88 Å². The lowest BCUT2D eigenvalue weighted by Crippen LogP contribution is -2.35. The average Bonchev–Trinajstić information content (AvgIpc) is 2.77. The molecule has 0 spiro atoms. The van der Waals surface area contributed by atoms with E-state index in [4.69, 9.17) is 11.6 Å². The number of benzene rings is 3. The first-order valence-electron chi connectivity index (χ1n) is 10.5. The van der Waals surface area contributed by atoms with Crippen LogP contribution in [0.15, 0.2) is 71.5 Å². The molecule has 0 unspecified atom stereocenters. The van der Waals surface area contributed by atoms with Gasteiger partial charge in [0.05, 0.1) is 17.3 Å². The van der Waals surface area contributed by atoms with Crippen molar-refractivity contribution in [3.8, 4) is 0 Å². The van der Waals surface area contributed by atoms with Crippen molar-refractivity contribution < 1.29 is 9.18 Å². The zero-order chi connectivity index (χ0) is 23.5. The van der Waals surface area contributed by atoms with Gasteiger partial charge in [0.1, 0.15) is 5.82 Å². The largest absolute Gasteiger partial charge is 0.322 e. The number of aromatic nitrogens is 1. The number of fused-ring (bicyclic) bond motifs is 1. The molecule has 2 N–H and O–H groups in total. The third kappa shape index (κ3) is 5.23. The molecule has 5 nitrogen and oxygen atoms in total. The molecule has 0 atom stereocenters. The Morgan fingerprint density at radius 1 is 1.03 bits per heavy atom. The highest BCUT2D eigenvalue weighted by Crippen LogP contribution is 2.23. The summed E-state index contributed by atoms with van der Waals surface area (Å²) >= 11 is 6.20. The minimum atomic E-state index is -0.424. The lowest BCUT2D eigenvalue weighted by Gasteiger charge is -2.24. The van der Waals surface area contributed by atoms with Crippen LogP contribution in [0, 0.1) is 19.7 Å². The van der Waals surface area contributed by atoms with Gasteiger partial charge in [0, 0.05) is 23.0 Å². The Labute approximate surface area is 195 Å². The predicted molar refractivity (Wildman–Crippen MR) is 130 cm³/mol. The fraction of sp³-hybridized carbons (Fsp3) is 0.154. The number of para-hydroxylation sites is 1. The van der Waals surface area contributed by atoms with Crippen molar-refractivity contribution in [3.63, 3.8) is 0 Å². The summed E-state index contributed by atoms with van der Waals surface area (Å²) in [5.41, 5.74) is 4.23. The number of nitrogens with one attached hydrogen (secondary N) is 2. The number of hydrogen-bond acceptors (Lipinski definition) is 2. The maximum absolute atomic E-state index is 13.4. The van der Waals surface area contributed by atoms with Crippen LogP contribution >= 0.6 is 11.6 Å². The Morgan fingerprint density at radius 3 is 2.48 bits per heavy atom. The summed E-state index contributed by atoms with van der Waals surface area (Å²) in [7, 11) is 0. The lowest BCUT2D eigenvalue weighted by molar-refractivity contribution is 0.206. The monoisotopic (exact) mass is 463 g/mol. The van der Waals surface area contributed by atoms with Crippen LogP contribution in [0.3, 0.4) is 0 Å². The van der Waals surface area contributed by atoms with E-state index in [1.165, 1.54) is 17.0 Å². The van der Waals surface area contributed by atoms with E-state index in [1.54, 1.807) is 36.4 Å². The van der Waals surface area contributed by atoms with Crippen molar-refractivity contribution in [2.45, 2.75) is 26.9 Å². The minimum Gasteiger partial charge on any atom is -0.322 e. The molecular weight excluding hydrogens is 441 g/mol. The highest BCUT2D eigenvalue weighted by molar-refractivity contribution is 6.33. The molecule has 2 amide bonds. The third-order valence-electron chi connectivity index (χ3n) is 5.44. The van der Waals surface area contributed by atoms with Crippen LogP contribution in [-0.4, -0.2) is 15.9 Å². The zero-order valence-electron chi connectivity index (χ0n) is 18.3. The van der Waals surface area contributed by atoms with E-state index in [0.717, 1.165) is 27.6 Å². The number of pyridine rings is 1. The Hall–Kier alpha value is -3.64. The van der Waals surface area contributed by atoms with Gasteiger partial charge in [-0.25, -0.2) is 9.18 Å². The van der Waals surface area contributed by atoms with Gasteiger partial charge in [-0.3, -0.25) is 4.79 Å². The van der Waals surface area contributed by atoms with Crippen molar-refractivity contribution >= 4 is 34.2 Å². The summed E-state index contributed by atoms with van der Waals surface area (Å²) in [5, 5.41) is 4.13. The van der Waals surface area contributed by atoms with Crippen LogP contribution in [0.1, 0.15) is 22.3 Å². The van der Waals surface area contributed by atoms with Gasteiger partial charge in [0.15, 0.2) is 0 Å². The molecule has 0 saturated carbocycles. The quantitative estimate of drug-likeness (QED) is 0.371. The van der Waals surface area contributed by atoms with Crippen molar-refractivity contribution in [2.24, 2.45) is 0 Å². The highest BCUT2D eigenvalue weighted by atomic mass is 35.5. The van der Waals surface area contributed by atoms with Crippen LogP contribution in [-0.2, 0) is 13.1 Å². The molecule has 0 aliphatic rings. The molecule has 0 fully saturated rings. The molecule has 3 aromatic carbocycles. The van der Waals surface area contributed by atoms with Gasteiger partial charge in [-0.05, 0) is 66.9 Å². The summed E-state index contributed by atoms with van der Waals surface area (Å²) in [6, 6.07) is 18.2. The second-order valence-electron chi connectivity index (χ2n) is 8.06. The standard InChI is InChI=1S/C26H23ClFN3O2/c1-16-11-17(2)21-13-19(25(32)29-24(21)12-16)15-31(14-18-7-9-20(28)10-8-18)26(33)30-23-6-4-3-5-22(23)27/h3-13H,14-15H2,1-2H3,(H,29,32)(H,30,33). The van der Waals surface area contributed by atoms with Crippen molar-refractivity contribution in [2.75, 3.05) is 5.32 Å². The number of rotatable bonds is 5. The van der Waals surface area contributed by atoms with E-state index in [-0.39, 0.29) is 24.5 Å². The highest BCUT2D eigenvalue weighted by Gasteiger charge is 2.18. The Balaban J connectivity index is 1.69. The summed E-state index contributed by atoms with van der Waals surface area (Å²) < 4.78 is 13.4. The van der Waals surface area contributed by atoms with Gasteiger partial charge >= 0.3 is 6.03 Å². The Kier molecular flexibility index (Phi) is 6.47. The van der Waals surface area contributed by atoms with Gasteiger partial charge in [-0.1, -0.05) is 41.9 Å². The van der Waals surface area contributed by atoms with Gasteiger partial charge in [-0.2, -0.15) is 0 Å². The predicted octanol–water partition coefficient (Wildman–Crippen LogP) is 6.17. The number of carbonyl (C=O) groups excluding carboxylic acids is 1. The van der Waals surface area contributed by atoms with Crippen LogP contribution in [0.2, 0.25) is 5.02 Å². The van der Waals surface area contributed by atoms with Crippen LogP contribution in [0.4, 0.5) is 14.9 Å². The number of hydrogen-bond donors (Lipinski definition) is 2. The van der Waals surface area contributed by atoms with Crippen LogP contribution < -0.4 is 10.9 Å². The fourth-order valence-corrected chi connectivity index (χ4v) is 3.99. The molecule has 0 radical (unpaired) electrons. The molecule has 0 bridgehead atoms. The fourth-order valence-electron chi connectivity index (χ4n) is 3.81. The number of nitrogens with zero attached hydrogens (tertiary/aromatic N) is 1. The number of carbonyl (C=O) groups is 1. The van der Waals surface area contributed by atoms with Gasteiger partial charge in [-0.15, -0.1) is 0 Å². The van der Waals surface area contributed by atoms with Crippen LogP contribution in [0.25, 0.3) is 10.9 Å². The summed E-state index contributed by atoms with van der Waals surface area (Å²) in [6.07, 6.45) is 0. The van der Waals surface area contributed by atoms with E-state index < -0.39 is 6.03 Å². The number of aromatic amines is 1. The van der Waals surface area contributed by atoms with Gasteiger partial charge in [0.25, 0.3) is 5.56 Å². The molecule has 0 aliphatic heterocycles. The van der Waals surface area contributed by atoms with E-state index >= 15 is 0 Å². The average molecular weight is 464 g/mol. The number of anilines is 1. The number of aryl methyl sites for hydroxylation is 2. The third-order valence-corrected chi connectivity index (χ3v) is 5.77. The second kappa shape index (κ2) is 9.46. The molecule has 1 heterocycles. The first-order valence-corrected chi connectivity index (χ1v) is 10.9. The van der Waals surface area contributed by atoms with Crippen LogP contribution in [0.5, 0.6) is 0 Å². The first-order chi connectivity index (χ1) is 15.8. The maximum Gasteiger partial charge on any atom is 0.322 e. The molecule has 4 rings (SSSR count). The Bertz CT molecular complexity index is 1380. The number of H-pyrrole nitrogens is 1. The molecule has 33 heavy (non-hydrogen) atoms. The number of halogens is 2. The minimum absolute atomic E-state index is 0.0618. The molecular formula is C26H23ClFN3O2. The van der Waals surface area contributed by atoms with E-state index in [1.807, 2.05) is 32.0 Å². The normalized spacial score (nSPS) is 10.9. The van der Waals surface area contributed by atoms with E-state index in [0.29, 0.717) is 16.3 Å². The van der Waals surface area contributed by atoms with E-state index in [9.17, 15) is 14.0 Å². The molecule has 0 saturated heterocycles. The molecule has 168 valence electrons. The first kappa shape index (κ1) is 22.6. The molecule has 1 aromatic heterocycles. The topological polar surface area (TPSA) is 65.2 Å². The van der Waals surface area contributed by atoms with Crippen molar-refractivity contribution in [1.29, 1.82) is 0 Å². The zero-order valence-corrected chi connectivity index (χ0v) is 19.0. The van der Waals surface area contributed by atoms with Crippen molar-refractivity contribution in [3.05, 3.63) is 110 Å². The molecule has 4 aromatic rings. The molecule has 7 heteroatoms. The summed E-state index contributed by atoms with van der Waals surface area (Å²) in [6.45, 7) is 4.20. The van der Waals surface area contributed by atoms with E-state index in [2.05, 4.69) is 10.3 Å². The number of urea groups is 1. The molecule has 0 aliphatic carbocycles. The second-order valence-corrected chi connectivity index (χ2v) is 8.47.